The molecule has 2 rings (SSSR count). The molecular formula is C15H28N2O. The van der Waals surface area contributed by atoms with Crippen LogP contribution < -0.4 is 10.6 Å². The predicted octanol–water partition coefficient (Wildman–Crippen LogP) is 2.32. The van der Waals surface area contributed by atoms with E-state index in [1.54, 1.807) is 0 Å². The molecule has 0 bridgehead atoms. The van der Waals surface area contributed by atoms with Crippen molar-refractivity contribution < 1.29 is 4.79 Å². The Hall–Kier alpha value is -0.570. The first-order valence-electron chi connectivity index (χ1n) is 7.61. The van der Waals surface area contributed by atoms with Gasteiger partial charge < -0.3 is 10.6 Å². The molecular weight excluding hydrogens is 224 g/mol. The van der Waals surface area contributed by atoms with E-state index in [-0.39, 0.29) is 5.41 Å². The van der Waals surface area contributed by atoms with E-state index in [9.17, 15) is 4.79 Å². The second-order valence-corrected chi connectivity index (χ2v) is 6.56. The lowest BCUT2D eigenvalue weighted by Gasteiger charge is -2.34. The molecule has 0 radical (unpaired) electrons. The van der Waals surface area contributed by atoms with Gasteiger partial charge in [0.1, 0.15) is 0 Å². The summed E-state index contributed by atoms with van der Waals surface area (Å²) in [6.07, 6.45) is 7.09. The molecule has 0 aromatic rings. The molecule has 2 aliphatic rings. The molecule has 104 valence electrons. The number of piperidine rings is 1. The molecule has 1 saturated heterocycles. The smallest absolute Gasteiger partial charge is 0.225 e. The van der Waals surface area contributed by atoms with E-state index in [0.717, 1.165) is 38.4 Å². The standard InChI is InChI=1S/C15H28N2O/c1-12-6-9-16-10-13(12)11-17-14(18)15(2)7-4-3-5-8-15/h12-13,16H,3-11H2,1-2H3,(H,17,18). The van der Waals surface area contributed by atoms with Crippen LogP contribution >= 0.6 is 0 Å². The minimum absolute atomic E-state index is 0.0937. The Bertz CT molecular complexity index is 284. The summed E-state index contributed by atoms with van der Waals surface area (Å²) in [5.41, 5.74) is -0.0937. The zero-order valence-corrected chi connectivity index (χ0v) is 11.9. The number of carbonyl (C=O) groups excluding carboxylic acids is 1. The molecule has 1 aliphatic carbocycles. The predicted molar refractivity (Wildman–Crippen MR) is 74.3 cm³/mol. The van der Waals surface area contributed by atoms with Crippen LogP contribution in [0.4, 0.5) is 0 Å². The van der Waals surface area contributed by atoms with E-state index in [2.05, 4.69) is 24.5 Å². The van der Waals surface area contributed by atoms with E-state index >= 15 is 0 Å². The number of carbonyl (C=O) groups is 1. The van der Waals surface area contributed by atoms with Gasteiger partial charge in [-0.1, -0.05) is 33.1 Å². The van der Waals surface area contributed by atoms with Crippen molar-refractivity contribution >= 4 is 5.91 Å². The molecule has 1 heterocycles. The first-order valence-corrected chi connectivity index (χ1v) is 7.61. The number of hydrogen-bond acceptors (Lipinski definition) is 2. The lowest BCUT2D eigenvalue weighted by Crippen LogP contribution is -2.46. The van der Waals surface area contributed by atoms with Gasteiger partial charge in [0.15, 0.2) is 0 Å². The average Bonchev–Trinajstić information content (AvgIpc) is 2.38. The van der Waals surface area contributed by atoms with Crippen molar-refractivity contribution in [1.29, 1.82) is 0 Å². The van der Waals surface area contributed by atoms with Gasteiger partial charge in [-0.3, -0.25) is 4.79 Å². The summed E-state index contributed by atoms with van der Waals surface area (Å²) >= 11 is 0. The molecule has 1 aliphatic heterocycles. The Morgan fingerprint density at radius 2 is 2.06 bits per heavy atom. The quantitative estimate of drug-likeness (QED) is 0.809. The van der Waals surface area contributed by atoms with Crippen LogP contribution in [0.25, 0.3) is 0 Å². The van der Waals surface area contributed by atoms with Gasteiger partial charge in [0.05, 0.1) is 0 Å². The lowest BCUT2D eigenvalue weighted by atomic mass is 9.75. The van der Waals surface area contributed by atoms with Crippen molar-refractivity contribution in [2.75, 3.05) is 19.6 Å². The molecule has 2 unspecified atom stereocenters. The number of nitrogens with one attached hydrogen (secondary N) is 2. The van der Waals surface area contributed by atoms with E-state index in [4.69, 9.17) is 0 Å². The van der Waals surface area contributed by atoms with Gasteiger partial charge >= 0.3 is 0 Å². The van der Waals surface area contributed by atoms with Crippen LogP contribution in [-0.4, -0.2) is 25.5 Å². The van der Waals surface area contributed by atoms with Crippen LogP contribution in [0.5, 0.6) is 0 Å². The highest BCUT2D eigenvalue weighted by atomic mass is 16.2. The van der Waals surface area contributed by atoms with E-state index < -0.39 is 0 Å². The van der Waals surface area contributed by atoms with Crippen molar-refractivity contribution in [1.82, 2.24) is 10.6 Å². The summed E-state index contributed by atoms with van der Waals surface area (Å²) in [5.74, 6) is 1.63. The second kappa shape index (κ2) is 6.05. The molecule has 3 heteroatoms. The highest BCUT2D eigenvalue weighted by molar-refractivity contribution is 5.82. The summed E-state index contributed by atoms with van der Waals surface area (Å²) in [6, 6.07) is 0. The van der Waals surface area contributed by atoms with Crippen LogP contribution in [0.2, 0.25) is 0 Å². The van der Waals surface area contributed by atoms with Gasteiger partial charge in [0.2, 0.25) is 5.91 Å². The molecule has 2 fully saturated rings. The first kappa shape index (κ1) is 13.9. The van der Waals surface area contributed by atoms with Gasteiger partial charge in [-0.05, 0) is 44.2 Å². The molecule has 3 nitrogen and oxygen atoms in total. The van der Waals surface area contributed by atoms with Crippen LogP contribution in [0.1, 0.15) is 52.4 Å². The second-order valence-electron chi connectivity index (χ2n) is 6.56. The Labute approximate surface area is 111 Å². The monoisotopic (exact) mass is 252 g/mol. The van der Waals surface area contributed by atoms with Crippen LogP contribution in [-0.2, 0) is 4.79 Å². The Morgan fingerprint density at radius 1 is 1.33 bits per heavy atom. The van der Waals surface area contributed by atoms with Gasteiger partial charge in [0, 0.05) is 12.0 Å². The summed E-state index contributed by atoms with van der Waals surface area (Å²) in [4.78, 5) is 12.3. The summed E-state index contributed by atoms with van der Waals surface area (Å²) in [5, 5.41) is 6.64. The van der Waals surface area contributed by atoms with Gasteiger partial charge in [0.25, 0.3) is 0 Å². The summed E-state index contributed by atoms with van der Waals surface area (Å²) in [6.45, 7) is 7.48. The van der Waals surface area contributed by atoms with Gasteiger partial charge in [-0.2, -0.15) is 0 Å². The normalized spacial score (nSPS) is 31.9. The fourth-order valence-corrected chi connectivity index (χ4v) is 3.32. The summed E-state index contributed by atoms with van der Waals surface area (Å²) in [7, 11) is 0. The number of amides is 1. The fraction of sp³-hybridized carbons (Fsp3) is 0.933. The molecule has 0 aromatic heterocycles. The van der Waals surface area contributed by atoms with E-state index in [1.807, 2.05) is 0 Å². The number of hydrogen-bond donors (Lipinski definition) is 2. The van der Waals surface area contributed by atoms with Crippen LogP contribution in [0.15, 0.2) is 0 Å². The molecule has 0 spiro atoms. The van der Waals surface area contributed by atoms with Crippen LogP contribution in [0, 0.1) is 17.3 Å². The zero-order chi connectivity index (χ0) is 13.0. The van der Waals surface area contributed by atoms with Crippen molar-refractivity contribution in [3.63, 3.8) is 0 Å². The minimum atomic E-state index is -0.0937. The Balaban J connectivity index is 1.80. The summed E-state index contributed by atoms with van der Waals surface area (Å²) < 4.78 is 0. The van der Waals surface area contributed by atoms with Gasteiger partial charge in [-0.25, -0.2) is 0 Å². The zero-order valence-electron chi connectivity index (χ0n) is 11.9. The molecule has 1 saturated carbocycles. The third-order valence-corrected chi connectivity index (χ3v) is 5.02. The van der Waals surface area contributed by atoms with Crippen molar-refractivity contribution in [2.45, 2.75) is 52.4 Å². The molecule has 2 atom stereocenters. The average molecular weight is 252 g/mol. The van der Waals surface area contributed by atoms with E-state index in [0.29, 0.717) is 11.8 Å². The topological polar surface area (TPSA) is 41.1 Å². The number of rotatable bonds is 3. The third-order valence-electron chi connectivity index (χ3n) is 5.02. The largest absolute Gasteiger partial charge is 0.355 e. The Morgan fingerprint density at radius 3 is 2.72 bits per heavy atom. The highest BCUT2D eigenvalue weighted by Crippen LogP contribution is 2.35. The third kappa shape index (κ3) is 3.25. The molecule has 2 N–H and O–H groups in total. The lowest BCUT2D eigenvalue weighted by molar-refractivity contribution is -0.132. The minimum Gasteiger partial charge on any atom is -0.355 e. The molecule has 0 aromatic carbocycles. The van der Waals surface area contributed by atoms with E-state index in [1.165, 1.54) is 25.7 Å². The molecule has 18 heavy (non-hydrogen) atoms. The van der Waals surface area contributed by atoms with Crippen molar-refractivity contribution in [3.8, 4) is 0 Å². The Kier molecular flexibility index (Phi) is 4.66. The maximum Gasteiger partial charge on any atom is 0.225 e. The van der Waals surface area contributed by atoms with Crippen molar-refractivity contribution in [3.05, 3.63) is 0 Å². The maximum absolute atomic E-state index is 12.3. The SMILES string of the molecule is CC1CCNCC1CNC(=O)C1(C)CCCCC1. The van der Waals surface area contributed by atoms with Gasteiger partial charge in [-0.15, -0.1) is 0 Å². The molecule has 1 amide bonds. The maximum atomic E-state index is 12.3. The van der Waals surface area contributed by atoms with Crippen molar-refractivity contribution in [2.24, 2.45) is 17.3 Å². The fourth-order valence-electron chi connectivity index (χ4n) is 3.32. The highest BCUT2D eigenvalue weighted by Gasteiger charge is 2.34. The first-order chi connectivity index (χ1) is 8.62. The van der Waals surface area contributed by atoms with Crippen LogP contribution in [0.3, 0.4) is 0 Å².